The SMILES string of the molecule is Nc1cccc(C(=O)NCCC(=O)NO)c1. The number of hydroxylamine groups is 1. The number of carbonyl (C=O) groups excluding carboxylic acids is 2. The molecule has 0 aliphatic heterocycles. The monoisotopic (exact) mass is 223 g/mol. The van der Waals surface area contributed by atoms with E-state index in [1.807, 2.05) is 0 Å². The van der Waals surface area contributed by atoms with Gasteiger partial charge in [0.2, 0.25) is 5.91 Å². The van der Waals surface area contributed by atoms with Crippen LogP contribution in [0.2, 0.25) is 0 Å². The smallest absolute Gasteiger partial charge is 0.251 e. The first-order chi connectivity index (χ1) is 7.63. The van der Waals surface area contributed by atoms with Gasteiger partial charge < -0.3 is 11.1 Å². The van der Waals surface area contributed by atoms with E-state index in [0.717, 1.165) is 0 Å². The third-order valence-corrected chi connectivity index (χ3v) is 1.91. The number of nitrogens with two attached hydrogens (primary N) is 1. The van der Waals surface area contributed by atoms with Crippen molar-refractivity contribution in [1.29, 1.82) is 0 Å². The van der Waals surface area contributed by atoms with Gasteiger partial charge in [0.15, 0.2) is 0 Å². The zero-order valence-corrected chi connectivity index (χ0v) is 8.56. The highest BCUT2D eigenvalue weighted by atomic mass is 16.5. The van der Waals surface area contributed by atoms with Gasteiger partial charge in [0.25, 0.3) is 5.91 Å². The molecule has 6 heteroatoms. The molecule has 0 saturated carbocycles. The number of anilines is 1. The average Bonchev–Trinajstić information content (AvgIpc) is 2.28. The summed E-state index contributed by atoms with van der Waals surface area (Å²) >= 11 is 0. The number of benzene rings is 1. The van der Waals surface area contributed by atoms with E-state index >= 15 is 0 Å². The molecular weight excluding hydrogens is 210 g/mol. The van der Waals surface area contributed by atoms with Crippen LogP contribution in [0.1, 0.15) is 16.8 Å². The lowest BCUT2D eigenvalue weighted by Gasteiger charge is -2.04. The fourth-order valence-corrected chi connectivity index (χ4v) is 1.13. The number of carbonyl (C=O) groups is 2. The Morgan fingerprint density at radius 1 is 1.38 bits per heavy atom. The van der Waals surface area contributed by atoms with E-state index in [-0.39, 0.29) is 18.9 Å². The lowest BCUT2D eigenvalue weighted by atomic mass is 10.2. The molecule has 1 aromatic rings. The number of hydrogen-bond donors (Lipinski definition) is 4. The fraction of sp³-hybridized carbons (Fsp3) is 0.200. The Balaban J connectivity index is 2.44. The van der Waals surface area contributed by atoms with Gasteiger partial charge in [0.1, 0.15) is 0 Å². The first-order valence-corrected chi connectivity index (χ1v) is 4.70. The first kappa shape index (κ1) is 12.0. The summed E-state index contributed by atoms with van der Waals surface area (Å²) in [5, 5.41) is 10.7. The standard InChI is InChI=1S/C10H13N3O3/c11-8-3-1-2-7(6-8)10(15)12-5-4-9(14)13-16/h1-3,6,16H,4-5,11H2,(H,12,15)(H,13,14). The van der Waals surface area contributed by atoms with E-state index in [1.165, 1.54) is 5.48 Å². The summed E-state index contributed by atoms with van der Waals surface area (Å²) in [5.74, 6) is -0.856. The quantitative estimate of drug-likeness (QED) is 0.325. The molecule has 1 rings (SSSR count). The summed E-state index contributed by atoms with van der Waals surface area (Å²) in [4.78, 5) is 22.2. The van der Waals surface area contributed by atoms with Gasteiger partial charge in [-0.25, -0.2) is 5.48 Å². The Hall–Kier alpha value is -2.08. The van der Waals surface area contributed by atoms with Crippen LogP contribution in [0.15, 0.2) is 24.3 Å². The molecule has 6 nitrogen and oxygen atoms in total. The van der Waals surface area contributed by atoms with Gasteiger partial charge in [-0.05, 0) is 18.2 Å². The molecule has 0 saturated heterocycles. The van der Waals surface area contributed by atoms with Gasteiger partial charge >= 0.3 is 0 Å². The third-order valence-electron chi connectivity index (χ3n) is 1.91. The van der Waals surface area contributed by atoms with Crippen LogP contribution in [0.25, 0.3) is 0 Å². The zero-order chi connectivity index (χ0) is 12.0. The molecule has 0 unspecified atom stereocenters. The summed E-state index contributed by atoms with van der Waals surface area (Å²) in [7, 11) is 0. The highest BCUT2D eigenvalue weighted by molar-refractivity contribution is 5.95. The topological polar surface area (TPSA) is 104 Å². The average molecular weight is 223 g/mol. The molecule has 0 aliphatic rings. The van der Waals surface area contributed by atoms with Crippen molar-refractivity contribution >= 4 is 17.5 Å². The Labute approximate surface area is 92.4 Å². The van der Waals surface area contributed by atoms with Crippen LogP contribution in [-0.2, 0) is 4.79 Å². The van der Waals surface area contributed by atoms with Crippen LogP contribution in [0.3, 0.4) is 0 Å². The second-order valence-electron chi connectivity index (χ2n) is 3.17. The Morgan fingerprint density at radius 2 is 2.12 bits per heavy atom. The van der Waals surface area contributed by atoms with Crippen molar-refractivity contribution in [3.8, 4) is 0 Å². The first-order valence-electron chi connectivity index (χ1n) is 4.70. The maximum Gasteiger partial charge on any atom is 0.251 e. The van der Waals surface area contributed by atoms with Gasteiger partial charge in [-0.2, -0.15) is 0 Å². The lowest BCUT2D eigenvalue weighted by Crippen LogP contribution is -2.29. The molecule has 0 radical (unpaired) electrons. The minimum absolute atomic E-state index is 0.0184. The largest absolute Gasteiger partial charge is 0.399 e. The number of hydrogen-bond acceptors (Lipinski definition) is 4. The van der Waals surface area contributed by atoms with Crippen molar-refractivity contribution in [3.05, 3.63) is 29.8 Å². The van der Waals surface area contributed by atoms with E-state index in [0.29, 0.717) is 11.3 Å². The predicted octanol–water partition coefficient (Wildman–Crippen LogP) is -0.106. The second kappa shape index (κ2) is 5.72. The Morgan fingerprint density at radius 3 is 2.75 bits per heavy atom. The van der Waals surface area contributed by atoms with Crippen molar-refractivity contribution < 1.29 is 14.8 Å². The summed E-state index contributed by atoms with van der Waals surface area (Å²) < 4.78 is 0. The van der Waals surface area contributed by atoms with Crippen LogP contribution in [-0.4, -0.2) is 23.6 Å². The van der Waals surface area contributed by atoms with Gasteiger partial charge in [-0.1, -0.05) is 6.07 Å². The van der Waals surface area contributed by atoms with Gasteiger partial charge in [0.05, 0.1) is 0 Å². The van der Waals surface area contributed by atoms with E-state index in [4.69, 9.17) is 10.9 Å². The highest BCUT2D eigenvalue weighted by Crippen LogP contribution is 2.05. The summed E-state index contributed by atoms with van der Waals surface area (Å²) in [5.41, 5.74) is 7.93. The molecule has 0 atom stereocenters. The molecule has 86 valence electrons. The molecule has 0 heterocycles. The maximum atomic E-state index is 11.5. The van der Waals surface area contributed by atoms with Gasteiger partial charge in [-0.3, -0.25) is 14.8 Å². The van der Waals surface area contributed by atoms with Crippen LogP contribution >= 0.6 is 0 Å². The molecule has 0 fully saturated rings. The van der Waals surface area contributed by atoms with Crippen LogP contribution in [0, 0.1) is 0 Å². The Kier molecular flexibility index (Phi) is 4.28. The third kappa shape index (κ3) is 3.58. The molecule has 0 aromatic heterocycles. The van der Waals surface area contributed by atoms with E-state index in [9.17, 15) is 9.59 Å². The number of rotatable bonds is 4. The minimum atomic E-state index is -0.548. The number of nitrogens with one attached hydrogen (secondary N) is 2. The van der Waals surface area contributed by atoms with Crippen molar-refractivity contribution in [2.24, 2.45) is 0 Å². The number of amides is 2. The normalized spacial score (nSPS) is 9.56. The molecule has 16 heavy (non-hydrogen) atoms. The van der Waals surface area contributed by atoms with Crippen molar-refractivity contribution in [1.82, 2.24) is 10.8 Å². The van der Waals surface area contributed by atoms with E-state index in [2.05, 4.69) is 5.32 Å². The summed E-state index contributed by atoms with van der Waals surface area (Å²) in [6, 6.07) is 6.51. The van der Waals surface area contributed by atoms with E-state index in [1.54, 1.807) is 24.3 Å². The molecule has 2 amide bonds. The molecule has 0 aliphatic carbocycles. The second-order valence-corrected chi connectivity index (χ2v) is 3.17. The molecular formula is C10H13N3O3. The van der Waals surface area contributed by atoms with Crippen LogP contribution < -0.4 is 16.5 Å². The molecule has 0 spiro atoms. The van der Waals surface area contributed by atoms with Gasteiger partial charge in [-0.15, -0.1) is 0 Å². The van der Waals surface area contributed by atoms with Crippen molar-refractivity contribution in [2.45, 2.75) is 6.42 Å². The molecule has 5 N–H and O–H groups in total. The Bertz CT molecular complexity index is 393. The number of nitrogen functional groups attached to an aromatic ring is 1. The molecule has 1 aromatic carbocycles. The van der Waals surface area contributed by atoms with Gasteiger partial charge in [0, 0.05) is 24.2 Å². The maximum absolute atomic E-state index is 11.5. The highest BCUT2D eigenvalue weighted by Gasteiger charge is 2.05. The van der Waals surface area contributed by atoms with E-state index < -0.39 is 5.91 Å². The fourth-order valence-electron chi connectivity index (χ4n) is 1.13. The lowest BCUT2D eigenvalue weighted by molar-refractivity contribution is -0.129. The van der Waals surface area contributed by atoms with Crippen molar-refractivity contribution in [2.75, 3.05) is 12.3 Å². The van der Waals surface area contributed by atoms with Crippen LogP contribution in [0.5, 0.6) is 0 Å². The summed E-state index contributed by atoms with van der Waals surface area (Å²) in [6.07, 6.45) is 0.0184. The summed E-state index contributed by atoms with van der Waals surface area (Å²) in [6.45, 7) is 0.153. The van der Waals surface area contributed by atoms with Crippen molar-refractivity contribution in [3.63, 3.8) is 0 Å². The van der Waals surface area contributed by atoms with Crippen LogP contribution in [0.4, 0.5) is 5.69 Å². The molecule has 0 bridgehead atoms. The zero-order valence-electron chi connectivity index (χ0n) is 8.56. The minimum Gasteiger partial charge on any atom is -0.399 e. The predicted molar refractivity (Wildman–Crippen MR) is 57.7 cm³/mol.